The van der Waals surface area contributed by atoms with E-state index in [0.717, 1.165) is 41.3 Å². The number of aryl methyl sites for hydroxylation is 1. The number of benzene rings is 1. The lowest BCUT2D eigenvalue weighted by molar-refractivity contribution is -0.116. The topological polar surface area (TPSA) is 62.0 Å². The molecular formula is C16H17ClN2O2. The molecule has 0 saturated heterocycles. The highest BCUT2D eigenvalue weighted by Gasteiger charge is 2.17. The van der Waals surface area contributed by atoms with Crippen molar-refractivity contribution in [1.29, 1.82) is 0 Å². The number of amides is 1. The van der Waals surface area contributed by atoms with Crippen LogP contribution in [0.5, 0.6) is 0 Å². The molecule has 21 heavy (non-hydrogen) atoms. The first-order valence-electron chi connectivity index (χ1n) is 7.22. The van der Waals surface area contributed by atoms with Gasteiger partial charge in [-0.25, -0.2) is 0 Å². The van der Waals surface area contributed by atoms with Gasteiger partial charge in [-0.1, -0.05) is 6.07 Å². The number of alkyl halides is 1. The van der Waals surface area contributed by atoms with Crippen LogP contribution in [0.15, 0.2) is 23.0 Å². The average Bonchev–Trinajstić information content (AvgIpc) is 2.95. The fourth-order valence-corrected chi connectivity index (χ4v) is 3.06. The van der Waals surface area contributed by atoms with Crippen molar-refractivity contribution in [2.24, 2.45) is 0 Å². The zero-order valence-electron chi connectivity index (χ0n) is 11.7. The molecular weight excluding hydrogens is 288 g/mol. The van der Waals surface area contributed by atoms with Crippen LogP contribution in [0.4, 0.5) is 5.69 Å². The molecule has 3 rings (SSSR count). The lowest BCUT2D eigenvalue weighted by Gasteiger charge is -2.09. The number of hydrogen-bond acceptors (Lipinski definition) is 2. The van der Waals surface area contributed by atoms with E-state index in [1.165, 1.54) is 0 Å². The monoisotopic (exact) mass is 304 g/mol. The van der Waals surface area contributed by atoms with Gasteiger partial charge in [-0.15, -0.1) is 11.6 Å². The lowest BCUT2D eigenvalue weighted by Crippen LogP contribution is -2.14. The molecule has 0 spiro atoms. The molecule has 1 aromatic carbocycles. The molecule has 1 heterocycles. The number of rotatable bonds is 4. The Labute approximate surface area is 127 Å². The van der Waals surface area contributed by atoms with Gasteiger partial charge in [-0.05, 0) is 43.4 Å². The van der Waals surface area contributed by atoms with Gasteiger partial charge in [0.15, 0.2) is 0 Å². The number of pyridine rings is 1. The molecule has 4 nitrogen and oxygen atoms in total. The maximum atomic E-state index is 12.0. The Morgan fingerprint density at radius 1 is 1.29 bits per heavy atom. The van der Waals surface area contributed by atoms with Crippen molar-refractivity contribution < 1.29 is 4.79 Å². The summed E-state index contributed by atoms with van der Waals surface area (Å²) in [5.74, 6) is 0.420. The number of hydrogen-bond donors (Lipinski definition) is 2. The number of halogens is 1. The molecule has 0 bridgehead atoms. The summed E-state index contributed by atoms with van der Waals surface area (Å²) >= 11 is 5.58. The molecule has 5 heteroatoms. The summed E-state index contributed by atoms with van der Waals surface area (Å²) in [6.45, 7) is 0. The van der Waals surface area contributed by atoms with Crippen molar-refractivity contribution in [3.05, 3.63) is 39.7 Å². The van der Waals surface area contributed by atoms with Crippen LogP contribution in [0.25, 0.3) is 10.9 Å². The summed E-state index contributed by atoms with van der Waals surface area (Å²) in [7, 11) is 0. The van der Waals surface area contributed by atoms with Gasteiger partial charge in [0.1, 0.15) is 0 Å². The standard InChI is InChI=1S/C16H17ClN2O2/c17-8-2-5-15(20)18-10-6-7-12-11-3-1-4-13(11)16(21)19-14(12)9-10/h6-7,9H,1-5,8H2,(H,18,20)(H,19,21). The maximum absolute atomic E-state index is 12.0. The van der Waals surface area contributed by atoms with Gasteiger partial charge in [0.2, 0.25) is 5.91 Å². The minimum absolute atomic E-state index is 0.000571. The molecule has 1 amide bonds. The van der Waals surface area contributed by atoms with Crippen molar-refractivity contribution in [2.75, 3.05) is 11.2 Å². The van der Waals surface area contributed by atoms with Crippen LogP contribution in [0.1, 0.15) is 30.4 Å². The third kappa shape index (κ3) is 2.81. The Hall–Kier alpha value is -1.81. The smallest absolute Gasteiger partial charge is 0.251 e. The van der Waals surface area contributed by atoms with E-state index >= 15 is 0 Å². The summed E-state index contributed by atoms with van der Waals surface area (Å²) in [6, 6.07) is 5.69. The number of carbonyl (C=O) groups excluding carboxylic acids is 1. The van der Waals surface area contributed by atoms with Crippen LogP contribution in [0.3, 0.4) is 0 Å². The first-order chi connectivity index (χ1) is 10.2. The van der Waals surface area contributed by atoms with Crippen molar-refractivity contribution in [3.63, 3.8) is 0 Å². The molecule has 2 N–H and O–H groups in total. The molecule has 0 fully saturated rings. The molecule has 0 saturated carbocycles. The first-order valence-corrected chi connectivity index (χ1v) is 7.76. The van der Waals surface area contributed by atoms with Gasteiger partial charge in [0, 0.05) is 28.9 Å². The number of nitrogens with one attached hydrogen (secondary N) is 2. The van der Waals surface area contributed by atoms with E-state index in [0.29, 0.717) is 24.4 Å². The number of aromatic amines is 1. The molecule has 0 aliphatic heterocycles. The highest BCUT2D eigenvalue weighted by Crippen LogP contribution is 2.27. The number of H-pyrrole nitrogens is 1. The number of aromatic nitrogens is 1. The molecule has 0 atom stereocenters. The fourth-order valence-electron chi connectivity index (χ4n) is 2.93. The third-order valence-electron chi connectivity index (χ3n) is 3.91. The van der Waals surface area contributed by atoms with Gasteiger partial charge >= 0.3 is 0 Å². The van der Waals surface area contributed by atoms with Crippen molar-refractivity contribution in [1.82, 2.24) is 4.98 Å². The van der Waals surface area contributed by atoms with E-state index in [2.05, 4.69) is 10.3 Å². The number of fused-ring (bicyclic) bond motifs is 3. The SMILES string of the molecule is O=C(CCCCl)Nc1ccc2c3c(c(=O)[nH]c2c1)CCC3. The molecule has 2 aromatic rings. The Balaban J connectivity index is 1.92. The predicted octanol–water partition coefficient (Wildman–Crippen LogP) is 2.97. The molecule has 1 aliphatic carbocycles. The van der Waals surface area contributed by atoms with E-state index in [-0.39, 0.29) is 11.5 Å². The van der Waals surface area contributed by atoms with E-state index in [9.17, 15) is 9.59 Å². The van der Waals surface area contributed by atoms with Crippen LogP contribution in [-0.4, -0.2) is 16.8 Å². The second kappa shape index (κ2) is 5.90. The molecule has 1 aromatic heterocycles. The minimum atomic E-state index is -0.0569. The van der Waals surface area contributed by atoms with E-state index < -0.39 is 0 Å². The quantitative estimate of drug-likeness (QED) is 0.853. The Bertz CT molecular complexity index is 752. The number of carbonyl (C=O) groups is 1. The Morgan fingerprint density at radius 2 is 2.10 bits per heavy atom. The van der Waals surface area contributed by atoms with Gasteiger partial charge in [-0.3, -0.25) is 9.59 Å². The van der Waals surface area contributed by atoms with E-state index in [1.807, 2.05) is 18.2 Å². The van der Waals surface area contributed by atoms with E-state index in [1.54, 1.807) is 0 Å². The summed E-state index contributed by atoms with van der Waals surface area (Å²) in [5, 5.41) is 3.92. The minimum Gasteiger partial charge on any atom is -0.326 e. The van der Waals surface area contributed by atoms with Gasteiger partial charge in [0.25, 0.3) is 5.56 Å². The Kier molecular flexibility index (Phi) is 3.97. The van der Waals surface area contributed by atoms with Gasteiger partial charge in [-0.2, -0.15) is 0 Å². The molecule has 110 valence electrons. The van der Waals surface area contributed by atoms with Crippen molar-refractivity contribution >= 4 is 34.1 Å². The van der Waals surface area contributed by atoms with Crippen LogP contribution in [0.2, 0.25) is 0 Å². The summed E-state index contributed by atoms with van der Waals surface area (Å²) in [4.78, 5) is 26.7. The van der Waals surface area contributed by atoms with Crippen LogP contribution < -0.4 is 10.9 Å². The second-order valence-corrected chi connectivity index (χ2v) is 5.74. The molecule has 0 unspecified atom stereocenters. The summed E-state index contributed by atoms with van der Waals surface area (Å²) < 4.78 is 0. The number of anilines is 1. The zero-order valence-corrected chi connectivity index (χ0v) is 12.4. The van der Waals surface area contributed by atoms with Crippen molar-refractivity contribution in [3.8, 4) is 0 Å². The van der Waals surface area contributed by atoms with Crippen LogP contribution >= 0.6 is 11.6 Å². The van der Waals surface area contributed by atoms with Crippen LogP contribution in [-0.2, 0) is 17.6 Å². The highest BCUT2D eigenvalue weighted by atomic mass is 35.5. The molecule has 0 radical (unpaired) electrons. The van der Waals surface area contributed by atoms with Crippen LogP contribution in [0, 0.1) is 0 Å². The predicted molar refractivity (Wildman–Crippen MR) is 85.2 cm³/mol. The largest absolute Gasteiger partial charge is 0.326 e. The summed E-state index contributed by atoms with van der Waals surface area (Å²) in [5.41, 5.74) is 3.57. The lowest BCUT2D eigenvalue weighted by atomic mass is 10.1. The van der Waals surface area contributed by atoms with Crippen molar-refractivity contribution in [2.45, 2.75) is 32.1 Å². The fraction of sp³-hybridized carbons (Fsp3) is 0.375. The summed E-state index contributed by atoms with van der Waals surface area (Å²) in [6.07, 6.45) is 3.91. The first kappa shape index (κ1) is 14.1. The highest BCUT2D eigenvalue weighted by molar-refractivity contribution is 6.18. The second-order valence-electron chi connectivity index (χ2n) is 5.37. The average molecular weight is 305 g/mol. The van der Waals surface area contributed by atoms with E-state index in [4.69, 9.17) is 11.6 Å². The maximum Gasteiger partial charge on any atom is 0.251 e. The Morgan fingerprint density at radius 3 is 2.90 bits per heavy atom. The normalized spacial score (nSPS) is 13.4. The van der Waals surface area contributed by atoms with Gasteiger partial charge < -0.3 is 10.3 Å². The van der Waals surface area contributed by atoms with Gasteiger partial charge in [0.05, 0.1) is 5.52 Å². The zero-order chi connectivity index (χ0) is 14.8. The molecule has 1 aliphatic rings. The third-order valence-corrected chi connectivity index (χ3v) is 4.17.